The number of pyridine rings is 1. The second-order valence-corrected chi connectivity index (χ2v) is 9.13. The lowest BCUT2D eigenvalue weighted by atomic mass is 9.90. The third-order valence-corrected chi connectivity index (χ3v) is 6.44. The highest BCUT2D eigenvalue weighted by Gasteiger charge is 2.26. The third-order valence-electron chi connectivity index (χ3n) is 5.74. The van der Waals surface area contributed by atoms with E-state index >= 15 is 0 Å². The molecule has 0 spiro atoms. The molecule has 174 valence electrons. The summed E-state index contributed by atoms with van der Waals surface area (Å²) in [6.45, 7) is 2.95. The van der Waals surface area contributed by atoms with Crippen molar-refractivity contribution in [1.82, 2.24) is 9.47 Å². The van der Waals surface area contributed by atoms with Crippen molar-refractivity contribution in [1.29, 1.82) is 0 Å². The van der Waals surface area contributed by atoms with E-state index in [4.69, 9.17) is 14.6 Å². The fourth-order valence-electron chi connectivity index (χ4n) is 4.17. The van der Waals surface area contributed by atoms with E-state index in [1.165, 1.54) is 0 Å². The third kappa shape index (κ3) is 5.48. The van der Waals surface area contributed by atoms with Crippen molar-refractivity contribution in [3.05, 3.63) is 45.7 Å². The van der Waals surface area contributed by atoms with Crippen LogP contribution in [0.5, 0.6) is 11.5 Å². The second-order valence-electron chi connectivity index (χ2n) is 8.14. The number of likely N-dealkylation sites (N-methyl/N-ethyl adjacent to an activating group) is 1. The van der Waals surface area contributed by atoms with Gasteiger partial charge in [-0.25, -0.2) is 0 Å². The van der Waals surface area contributed by atoms with Gasteiger partial charge in [-0.15, -0.1) is 0 Å². The van der Waals surface area contributed by atoms with Gasteiger partial charge in [0.05, 0.1) is 26.0 Å². The van der Waals surface area contributed by atoms with Gasteiger partial charge in [0.25, 0.3) is 0 Å². The predicted molar refractivity (Wildman–Crippen MR) is 128 cm³/mol. The molecular formula is C24H32N2O5S. The van der Waals surface area contributed by atoms with Gasteiger partial charge >= 0.3 is 5.97 Å². The van der Waals surface area contributed by atoms with Gasteiger partial charge in [-0.1, -0.05) is 6.92 Å². The molecule has 0 fully saturated rings. The number of ether oxygens (including phenoxy) is 2. The molecular weight excluding hydrogens is 428 g/mol. The van der Waals surface area contributed by atoms with E-state index in [1.807, 2.05) is 12.3 Å². The molecule has 1 aromatic heterocycles. The number of thioether (sulfide) groups is 1. The molecule has 0 saturated carbocycles. The topological polar surface area (TPSA) is 81.0 Å². The predicted octanol–water partition coefficient (Wildman–Crippen LogP) is 3.68. The number of aromatic nitrogens is 1. The highest BCUT2D eigenvalue weighted by Crippen LogP contribution is 2.41. The van der Waals surface area contributed by atoms with Crippen molar-refractivity contribution in [3.8, 4) is 22.8 Å². The number of carboxylic acids is 1. The molecule has 8 heteroatoms. The molecule has 1 aliphatic rings. The maximum absolute atomic E-state index is 12.9. The van der Waals surface area contributed by atoms with Crippen molar-refractivity contribution in [3.63, 3.8) is 0 Å². The minimum atomic E-state index is -0.913. The number of benzene rings is 1. The normalized spacial score (nSPS) is 14.7. The van der Waals surface area contributed by atoms with Gasteiger partial charge in [0.1, 0.15) is 0 Å². The number of hydrogen-bond donors (Lipinski definition) is 1. The number of carbonyl (C=O) groups is 1. The highest BCUT2D eigenvalue weighted by molar-refractivity contribution is 7.98. The quantitative estimate of drug-likeness (QED) is 0.512. The first-order chi connectivity index (χ1) is 15.4. The summed E-state index contributed by atoms with van der Waals surface area (Å²) in [7, 11) is 3.33. The van der Waals surface area contributed by atoms with Crippen LogP contribution in [0.2, 0.25) is 0 Å². The van der Waals surface area contributed by atoms with E-state index in [-0.39, 0.29) is 18.0 Å². The molecule has 7 nitrogen and oxygen atoms in total. The van der Waals surface area contributed by atoms with E-state index in [9.17, 15) is 9.59 Å². The zero-order chi connectivity index (χ0) is 23.3. The maximum Gasteiger partial charge on any atom is 0.317 e. The van der Waals surface area contributed by atoms with Gasteiger partial charge in [0.2, 0.25) is 0 Å². The van der Waals surface area contributed by atoms with E-state index in [2.05, 4.69) is 23.8 Å². The largest absolute Gasteiger partial charge is 0.493 e. The van der Waals surface area contributed by atoms with Gasteiger partial charge in [0.15, 0.2) is 16.9 Å². The molecule has 2 aromatic rings. The Balaban J connectivity index is 1.98. The molecule has 0 radical (unpaired) electrons. The SMILES string of the molecule is CCC1Cc2cc(OCCCSC)c(OC)cc2-c2cc(=O)c(CN(C)CC(=O)O)cn21. The summed E-state index contributed by atoms with van der Waals surface area (Å²) < 4.78 is 13.8. The minimum Gasteiger partial charge on any atom is -0.493 e. The Bertz CT molecular complexity index is 1020. The van der Waals surface area contributed by atoms with Crippen LogP contribution >= 0.6 is 11.8 Å². The van der Waals surface area contributed by atoms with E-state index in [0.29, 0.717) is 24.5 Å². The lowest BCUT2D eigenvalue weighted by molar-refractivity contribution is -0.138. The summed E-state index contributed by atoms with van der Waals surface area (Å²) in [4.78, 5) is 25.5. The maximum atomic E-state index is 12.9. The summed E-state index contributed by atoms with van der Waals surface area (Å²) in [6, 6.07) is 5.90. The minimum absolute atomic E-state index is 0.0902. The molecule has 32 heavy (non-hydrogen) atoms. The summed E-state index contributed by atoms with van der Waals surface area (Å²) in [6.07, 6.45) is 6.69. The number of rotatable bonds is 11. The van der Waals surface area contributed by atoms with Gasteiger partial charge in [-0.2, -0.15) is 11.8 Å². The average Bonchev–Trinajstić information content (AvgIpc) is 2.75. The first kappa shape index (κ1) is 24.2. The van der Waals surface area contributed by atoms with Crippen molar-refractivity contribution < 1.29 is 19.4 Å². The first-order valence-electron chi connectivity index (χ1n) is 10.9. The van der Waals surface area contributed by atoms with Crippen molar-refractivity contribution in [2.24, 2.45) is 0 Å². The summed E-state index contributed by atoms with van der Waals surface area (Å²) in [5.74, 6) is 1.53. The van der Waals surface area contributed by atoms with Gasteiger partial charge < -0.3 is 19.1 Å². The Labute approximate surface area is 193 Å². The Kier molecular flexibility index (Phi) is 8.26. The highest BCUT2D eigenvalue weighted by atomic mass is 32.2. The molecule has 0 saturated heterocycles. The lowest BCUT2D eigenvalue weighted by Crippen LogP contribution is -2.29. The van der Waals surface area contributed by atoms with E-state index < -0.39 is 5.97 Å². The zero-order valence-corrected chi connectivity index (χ0v) is 20.0. The Morgan fingerprint density at radius 2 is 2.09 bits per heavy atom. The van der Waals surface area contributed by atoms with Crippen LogP contribution in [-0.4, -0.2) is 59.9 Å². The Hall–Kier alpha value is -2.45. The van der Waals surface area contributed by atoms with Gasteiger partial charge in [0, 0.05) is 36.0 Å². The second kappa shape index (κ2) is 10.9. The van der Waals surface area contributed by atoms with Gasteiger partial charge in [-0.3, -0.25) is 14.5 Å². The van der Waals surface area contributed by atoms with E-state index in [0.717, 1.165) is 47.6 Å². The number of aliphatic carboxylic acids is 1. The molecule has 1 atom stereocenters. The van der Waals surface area contributed by atoms with Gasteiger partial charge in [-0.05, 0) is 56.0 Å². The molecule has 3 rings (SSSR count). The van der Waals surface area contributed by atoms with Crippen LogP contribution < -0.4 is 14.9 Å². The summed E-state index contributed by atoms with van der Waals surface area (Å²) in [5.41, 5.74) is 3.49. The Morgan fingerprint density at radius 3 is 2.75 bits per heavy atom. The molecule has 0 amide bonds. The average molecular weight is 461 g/mol. The molecule has 0 aliphatic carbocycles. The van der Waals surface area contributed by atoms with Crippen molar-refractivity contribution in [2.45, 2.75) is 38.8 Å². The van der Waals surface area contributed by atoms with Crippen LogP contribution in [0.4, 0.5) is 0 Å². The molecule has 1 unspecified atom stereocenters. The van der Waals surface area contributed by atoms with Crippen LogP contribution in [0, 0.1) is 0 Å². The number of fused-ring (bicyclic) bond motifs is 3. The van der Waals surface area contributed by atoms with Crippen LogP contribution in [0.25, 0.3) is 11.3 Å². The summed E-state index contributed by atoms with van der Waals surface area (Å²) in [5, 5.41) is 9.02. The molecule has 1 N–H and O–H groups in total. The monoisotopic (exact) mass is 460 g/mol. The summed E-state index contributed by atoms with van der Waals surface area (Å²) >= 11 is 1.80. The Morgan fingerprint density at radius 1 is 1.31 bits per heavy atom. The number of hydrogen-bond acceptors (Lipinski definition) is 6. The smallest absolute Gasteiger partial charge is 0.317 e. The lowest BCUT2D eigenvalue weighted by Gasteiger charge is -2.31. The fraction of sp³-hybridized carbons (Fsp3) is 0.500. The molecule has 1 aliphatic heterocycles. The molecule has 1 aromatic carbocycles. The van der Waals surface area contributed by atoms with Crippen LogP contribution in [-0.2, 0) is 17.8 Å². The first-order valence-corrected chi connectivity index (χ1v) is 12.3. The number of nitrogens with zero attached hydrogens (tertiary/aromatic N) is 2. The zero-order valence-electron chi connectivity index (χ0n) is 19.2. The van der Waals surface area contributed by atoms with E-state index in [1.54, 1.807) is 36.9 Å². The molecule has 2 heterocycles. The standard InChI is InChI=1S/C24H32N2O5S/c1-5-18-9-16-10-23(31-7-6-8-32-4)22(30-3)11-19(16)20-12-21(27)17(14-26(18)20)13-25(2)15-24(28)29/h10-12,14,18H,5-9,13,15H2,1-4H3,(H,28,29). The molecule has 0 bridgehead atoms. The van der Waals surface area contributed by atoms with Crippen molar-refractivity contribution in [2.75, 3.05) is 39.3 Å². The van der Waals surface area contributed by atoms with Crippen LogP contribution in [0.3, 0.4) is 0 Å². The van der Waals surface area contributed by atoms with Crippen LogP contribution in [0.15, 0.2) is 29.2 Å². The number of methoxy groups -OCH3 is 1. The fourth-order valence-corrected chi connectivity index (χ4v) is 4.57. The number of carboxylic acid groups (broad SMARTS) is 1. The van der Waals surface area contributed by atoms with Crippen LogP contribution in [0.1, 0.15) is 36.9 Å². The van der Waals surface area contributed by atoms with Crippen molar-refractivity contribution >= 4 is 17.7 Å².